The average molecular weight is 287 g/mol. The van der Waals surface area contributed by atoms with Crippen molar-refractivity contribution in [3.05, 3.63) is 41.2 Å². The molecule has 1 unspecified atom stereocenters. The Morgan fingerprint density at radius 3 is 3.00 bits per heavy atom. The first-order valence-corrected chi connectivity index (χ1v) is 7.18. The van der Waals surface area contributed by atoms with E-state index in [4.69, 9.17) is 10.5 Å². The number of hydrogen-bond acceptors (Lipinski definition) is 5. The van der Waals surface area contributed by atoms with E-state index in [-0.39, 0.29) is 6.10 Å². The number of H-pyrrole nitrogens is 1. The van der Waals surface area contributed by atoms with E-state index in [9.17, 15) is 0 Å². The number of nitrogens with zero attached hydrogens (tertiary/aromatic N) is 3. The zero-order valence-electron chi connectivity index (χ0n) is 12.5. The molecule has 1 fully saturated rings. The zero-order chi connectivity index (χ0) is 14.8. The molecule has 0 bridgehead atoms. The highest BCUT2D eigenvalue weighted by atomic mass is 16.5. The maximum absolute atomic E-state index is 5.91. The predicted molar refractivity (Wildman–Crippen MR) is 80.7 cm³/mol. The fraction of sp³-hybridized carbons (Fsp3) is 0.467. The molecule has 0 spiro atoms. The number of aromatic nitrogens is 3. The molecule has 3 rings (SSSR count). The number of nitrogens with two attached hydrogens (primary N) is 1. The van der Waals surface area contributed by atoms with Gasteiger partial charge in [-0.25, -0.2) is 4.98 Å². The molecule has 2 aromatic rings. The molecule has 2 aromatic heterocycles. The van der Waals surface area contributed by atoms with Gasteiger partial charge in [-0.1, -0.05) is 0 Å². The van der Waals surface area contributed by atoms with Crippen LogP contribution in [0.3, 0.4) is 0 Å². The summed E-state index contributed by atoms with van der Waals surface area (Å²) >= 11 is 0. The van der Waals surface area contributed by atoms with Crippen LogP contribution in [0.15, 0.2) is 18.5 Å². The van der Waals surface area contributed by atoms with E-state index >= 15 is 0 Å². The van der Waals surface area contributed by atoms with Gasteiger partial charge in [0.25, 0.3) is 0 Å². The molecule has 6 heteroatoms. The van der Waals surface area contributed by atoms with Crippen molar-refractivity contribution in [1.82, 2.24) is 19.9 Å². The number of imidazole rings is 1. The lowest BCUT2D eigenvalue weighted by Gasteiger charge is -2.32. The van der Waals surface area contributed by atoms with Gasteiger partial charge in [-0.05, 0) is 26.0 Å². The van der Waals surface area contributed by atoms with Crippen molar-refractivity contribution < 1.29 is 4.74 Å². The predicted octanol–water partition coefficient (Wildman–Crippen LogP) is 1.58. The van der Waals surface area contributed by atoms with Crippen molar-refractivity contribution in [2.75, 3.05) is 25.4 Å². The molecule has 6 nitrogen and oxygen atoms in total. The molecule has 0 aliphatic carbocycles. The Balaban J connectivity index is 1.72. The third-order valence-corrected chi connectivity index (χ3v) is 3.78. The van der Waals surface area contributed by atoms with Crippen molar-refractivity contribution in [3.63, 3.8) is 0 Å². The van der Waals surface area contributed by atoms with Crippen LogP contribution in [0.5, 0.6) is 0 Å². The summed E-state index contributed by atoms with van der Waals surface area (Å²) in [6.45, 7) is 7.24. The van der Waals surface area contributed by atoms with E-state index < -0.39 is 0 Å². The molecule has 1 atom stereocenters. The zero-order valence-corrected chi connectivity index (χ0v) is 12.5. The lowest BCUT2D eigenvalue weighted by molar-refractivity contribution is -0.0353. The second-order valence-electron chi connectivity index (χ2n) is 5.54. The number of aromatic amines is 1. The summed E-state index contributed by atoms with van der Waals surface area (Å²) in [5.74, 6) is 0. The van der Waals surface area contributed by atoms with Gasteiger partial charge in [0.1, 0.15) is 6.10 Å². The summed E-state index contributed by atoms with van der Waals surface area (Å²) in [6, 6.07) is 3.78. The number of anilines is 1. The monoisotopic (exact) mass is 287 g/mol. The number of aryl methyl sites for hydroxylation is 2. The number of pyridine rings is 1. The van der Waals surface area contributed by atoms with E-state index in [2.05, 4.69) is 19.9 Å². The van der Waals surface area contributed by atoms with Crippen LogP contribution in [0.25, 0.3) is 0 Å². The van der Waals surface area contributed by atoms with Crippen molar-refractivity contribution in [1.29, 1.82) is 0 Å². The summed E-state index contributed by atoms with van der Waals surface area (Å²) in [7, 11) is 0. The van der Waals surface area contributed by atoms with Crippen LogP contribution < -0.4 is 5.73 Å². The molecule has 3 heterocycles. The minimum absolute atomic E-state index is 0.0276. The first-order valence-electron chi connectivity index (χ1n) is 7.18. The van der Waals surface area contributed by atoms with Crippen LogP contribution in [-0.2, 0) is 11.3 Å². The molecule has 112 valence electrons. The van der Waals surface area contributed by atoms with E-state index in [1.807, 2.05) is 26.0 Å². The molecule has 0 amide bonds. The maximum atomic E-state index is 5.91. The number of ether oxygens (including phenoxy) is 1. The van der Waals surface area contributed by atoms with Crippen LogP contribution in [0.4, 0.5) is 5.69 Å². The van der Waals surface area contributed by atoms with E-state index in [1.54, 1.807) is 6.33 Å². The summed E-state index contributed by atoms with van der Waals surface area (Å²) < 4.78 is 5.87. The summed E-state index contributed by atoms with van der Waals surface area (Å²) in [5, 5.41) is 0. The van der Waals surface area contributed by atoms with Gasteiger partial charge < -0.3 is 15.5 Å². The third-order valence-electron chi connectivity index (χ3n) is 3.78. The van der Waals surface area contributed by atoms with Gasteiger partial charge >= 0.3 is 0 Å². The number of hydrogen-bond donors (Lipinski definition) is 2. The first kappa shape index (κ1) is 14.0. The summed E-state index contributed by atoms with van der Waals surface area (Å²) in [6.07, 6.45) is 1.71. The van der Waals surface area contributed by atoms with Crippen LogP contribution in [0.1, 0.15) is 28.9 Å². The second kappa shape index (κ2) is 5.83. The largest absolute Gasteiger partial charge is 0.399 e. The number of rotatable bonds is 3. The summed E-state index contributed by atoms with van der Waals surface area (Å²) in [5.41, 5.74) is 10.7. The van der Waals surface area contributed by atoms with Gasteiger partial charge in [0.05, 0.1) is 24.3 Å². The SMILES string of the molecule is Cc1cc(N)cc(C2CN(Cc3nc[nH]c3C)CCO2)n1. The second-order valence-corrected chi connectivity index (χ2v) is 5.54. The Morgan fingerprint density at radius 1 is 1.43 bits per heavy atom. The van der Waals surface area contributed by atoms with Gasteiger partial charge in [-0.2, -0.15) is 0 Å². The Kier molecular flexibility index (Phi) is 3.90. The van der Waals surface area contributed by atoms with Crippen LogP contribution in [0.2, 0.25) is 0 Å². The fourth-order valence-corrected chi connectivity index (χ4v) is 2.67. The molecule has 1 saturated heterocycles. The topological polar surface area (TPSA) is 80.1 Å². The quantitative estimate of drug-likeness (QED) is 0.896. The molecule has 0 aromatic carbocycles. The van der Waals surface area contributed by atoms with E-state index in [0.29, 0.717) is 6.61 Å². The van der Waals surface area contributed by atoms with Crippen LogP contribution in [-0.4, -0.2) is 39.5 Å². The number of nitrogens with one attached hydrogen (secondary N) is 1. The summed E-state index contributed by atoms with van der Waals surface area (Å²) in [4.78, 5) is 14.4. The molecule has 1 aliphatic heterocycles. The minimum Gasteiger partial charge on any atom is -0.399 e. The fourth-order valence-electron chi connectivity index (χ4n) is 2.67. The molecule has 0 saturated carbocycles. The van der Waals surface area contributed by atoms with Crippen molar-refractivity contribution in [2.24, 2.45) is 0 Å². The van der Waals surface area contributed by atoms with Gasteiger partial charge in [-0.15, -0.1) is 0 Å². The Hall–Kier alpha value is -1.92. The highest BCUT2D eigenvalue weighted by Crippen LogP contribution is 2.23. The Morgan fingerprint density at radius 2 is 2.29 bits per heavy atom. The highest BCUT2D eigenvalue weighted by Gasteiger charge is 2.24. The van der Waals surface area contributed by atoms with E-state index in [1.165, 1.54) is 0 Å². The van der Waals surface area contributed by atoms with Crippen molar-refractivity contribution >= 4 is 5.69 Å². The standard InChI is InChI=1S/C15H21N5O/c1-10-5-12(16)6-13(19-10)15-8-20(3-4-21-15)7-14-11(2)17-9-18-14/h5-6,9,15H,3-4,7-8H2,1-2H3,(H2,16,19)(H,17,18). The number of morpholine rings is 1. The lowest BCUT2D eigenvalue weighted by Crippen LogP contribution is -2.38. The van der Waals surface area contributed by atoms with E-state index in [0.717, 1.165) is 48.1 Å². The molecule has 0 radical (unpaired) electrons. The Bertz CT molecular complexity index is 604. The molecule has 21 heavy (non-hydrogen) atoms. The van der Waals surface area contributed by atoms with Crippen LogP contribution >= 0.6 is 0 Å². The van der Waals surface area contributed by atoms with Gasteiger partial charge in [0, 0.05) is 36.7 Å². The van der Waals surface area contributed by atoms with Crippen LogP contribution in [0, 0.1) is 13.8 Å². The molecular formula is C15H21N5O. The van der Waals surface area contributed by atoms with Crippen molar-refractivity contribution in [2.45, 2.75) is 26.5 Å². The van der Waals surface area contributed by atoms with Gasteiger partial charge in [0.15, 0.2) is 0 Å². The molecular weight excluding hydrogens is 266 g/mol. The lowest BCUT2D eigenvalue weighted by atomic mass is 10.1. The minimum atomic E-state index is -0.0276. The normalized spacial score (nSPS) is 19.8. The molecule has 3 N–H and O–H groups in total. The molecule has 1 aliphatic rings. The average Bonchev–Trinajstić information content (AvgIpc) is 2.84. The highest BCUT2D eigenvalue weighted by molar-refractivity contribution is 5.40. The Labute approximate surface area is 124 Å². The third kappa shape index (κ3) is 3.22. The first-order chi connectivity index (χ1) is 10.1. The smallest absolute Gasteiger partial charge is 0.112 e. The van der Waals surface area contributed by atoms with Gasteiger partial charge in [0.2, 0.25) is 0 Å². The number of nitrogen functional groups attached to an aromatic ring is 1. The van der Waals surface area contributed by atoms with Crippen molar-refractivity contribution in [3.8, 4) is 0 Å². The maximum Gasteiger partial charge on any atom is 0.112 e. The van der Waals surface area contributed by atoms with Gasteiger partial charge in [-0.3, -0.25) is 9.88 Å².